The first-order valence-corrected chi connectivity index (χ1v) is 3.92. The molecule has 2 heterocycles. The maximum absolute atomic E-state index is 10.7. The highest BCUT2D eigenvalue weighted by atomic mass is 35.5. The number of carbonyl (C=O) groups is 1. The van der Waals surface area contributed by atoms with Crippen molar-refractivity contribution in [2.24, 2.45) is 0 Å². The van der Waals surface area contributed by atoms with E-state index >= 15 is 0 Å². The van der Waals surface area contributed by atoms with Crippen LogP contribution in [-0.4, -0.2) is 24.8 Å². The molecule has 0 saturated carbocycles. The summed E-state index contributed by atoms with van der Waals surface area (Å²) in [5.41, 5.74) is 5.38. The van der Waals surface area contributed by atoms with Crippen LogP contribution in [0.15, 0.2) is 0 Å². The van der Waals surface area contributed by atoms with Crippen molar-refractivity contribution in [1.82, 2.24) is 21.5 Å². The Morgan fingerprint density at radius 3 is 2.75 bits per heavy atom. The number of hydrogen-bond donors (Lipinski definition) is 4. The molecule has 0 spiro atoms. The van der Waals surface area contributed by atoms with Gasteiger partial charge in [-0.05, 0) is 19.4 Å². The van der Waals surface area contributed by atoms with Crippen LogP contribution in [0, 0.1) is 0 Å². The van der Waals surface area contributed by atoms with E-state index in [-0.39, 0.29) is 24.6 Å². The average Bonchev–Trinajstić information content (AvgIpc) is 2.55. The van der Waals surface area contributed by atoms with Gasteiger partial charge in [0.25, 0.3) is 0 Å². The first-order chi connectivity index (χ1) is 5.36. The number of halogens is 1. The van der Waals surface area contributed by atoms with E-state index in [0.29, 0.717) is 6.04 Å². The van der Waals surface area contributed by atoms with Gasteiger partial charge in [-0.1, -0.05) is 0 Å². The zero-order valence-electron chi connectivity index (χ0n) is 6.59. The Bertz CT molecular complexity index is 171. The molecule has 2 fully saturated rings. The highest BCUT2D eigenvalue weighted by Crippen LogP contribution is 2.08. The predicted octanol–water partition coefficient (Wildman–Crippen LogP) is -0.696. The molecule has 2 aliphatic rings. The average molecular weight is 193 g/mol. The molecule has 4 N–H and O–H groups in total. The molecule has 0 aliphatic carbocycles. The normalized spacial score (nSPS) is 33.8. The Hall–Kier alpha value is -0.520. The zero-order chi connectivity index (χ0) is 7.68. The maximum Gasteiger partial charge on any atom is 0.330 e. The van der Waals surface area contributed by atoms with E-state index in [4.69, 9.17) is 0 Å². The summed E-state index contributed by atoms with van der Waals surface area (Å²) in [4.78, 5) is 10.7. The van der Waals surface area contributed by atoms with Crippen LogP contribution in [0.4, 0.5) is 4.79 Å². The summed E-state index contributed by atoms with van der Waals surface area (Å²) in [5, 5.41) is 6.07. The number of nitrogens with one attached hydrogen (secondary N) is 4. The van der Waals surface area contributed by atoms with E-state index < -0.39 is 0 Å². The standard InChI is InChI=1S/C6H12N4O.ClH/c11-6-8-5(9-10-6)4-2-1-3-7-4;/h4-5,7,9H,1-3H2,(H2,8,10,11);1H. The van der Waals surface area contributed by atoms with Crippen LogP contribution in [0.2, 0.25) is 0 Å². The molecule has 2 aliphatic heterocycles. The largest absolute Gasteiger partial charge is 0.330 e. The maximum atomic E-state index is 10.7. The lowest BCUT2D eigenvalue weighted by atomic mass is 10.2. The highest BCUT2D eigenvalue weighted by Gasteiger charge is 2.29. The zero-order valence-corrected chi connectivity index (χ0v) is 7.41. The quantitative estimate of drug-likeness (QED) is 0.445. The Morgan fingerprint density at radius 1 is 1.42 bits per heavy atom. The predicted molar refractivity (Wildman–Crippen MR) is 46.9 cm³/mol. The van der Waals surface area contributed by atoms with Gasteiger partial charge in [0, 0.05) is 6.04 Å². The number of rotatable bonds is 1. The van der Waals surface area contributed by atoms with Crippen LogP contribution in [0.3, 0.4) is 0 Å². The minimum absolute atomic E-state index is 0. The molecule has 70 valence electrons. The van der Waals surface area contributed by atoms with Gasteiger partial charge >= 0.3 is 6.03 Å². The molecule has 0 radical (unpaired) electrons. The fourth-order valence-electron chi connectivity index (χ4n) is 1.55. The number of carbonyl (C=O) groups excluding carboxylic acids is 1. The van der Waals surface area contributed by atoms with Crippen LogP contribution in [0.25, 0.3) is 0 Å². The van der Waals surface area contributed by atoms with Crippen LogP contribution >= 0.6 is 12.4 Å². The van der Waals surface area contributed by atoms with Gasteiger partial charge in [-0.25, -0.2) is 10.2 Å². The number of hydrogen-bond acceptors (Lipinski definition) is 3. The van der Waals surface area contributed by atoms with Crippen LogP contribution in [0.1, 0.15) is 12.8 Å². The molecular weight excluding hydrogens is 180 g/mol. The number of amides is 2. The third-order valence-corrected chi connectivity index (χ3v) is 2.13. The van der Waals surface area contributed by atoms with Crippen molar-refractivity contribution in [3.8, 4) is 0 Å². The molecule has 0 aromatic carbocycles. The number of urea groups is 1. The Balaban J connectivity index is 0.000000720. The first kappa shape index (κ1) is 9.57. The fraction of sp³-hybridized carbons (Fsp3) is 0.833. The SMILES string of the molecule is Cl.O=C1NNC(C2CCCN2)N1. The van der Waals surface area contributed by atoms with Crippen molar-refractivity contribution in [2.75, 3.05) is 6.54 Å². The number of hydrazine groups is 1. The van der Waals surface area contributed by atoms with E-state index in [1.54, 1.807) is 0 Å². The lowest BCUT2D eigenvalue weighted by molar-refractivity contribution is 0.246. The molecule has 0 aromatic heterocycles. The monoisotopic (exact) mass is 192 g/mol. The molecule has 2 unspecified atom stereocenters. The van der Waals surface area contributed by atoms with Gasteiger partial charge in [0.1, 0.15) is 6.17 Å². The smallest absolute Gasteiger partial charge is 0.319 e. The molecule has 2 amide bonds. The van der Waals surface area contributed by atoms with Crippen molar-refractivity contribution < 1.29 is 4.79 Å². The lowest BCUT2D eigenvalue weighted by Crippen LogP contribution is -2.48. The van der Waals surface area contributed by atoms with Crippen molar-refractivity contribution in [1.29, 1.82) is 0 Å². The summed E-state index contributed by atoms with van der Waals surface area (Å²) < 4.78 is 0. The summed E-state index contributed by atoms with van der Waals surface area (Å²) >= 11 is 0. The van der Waals surface area contributed by atoms with Crippen molar-refractivity contribution in [3.05, 3.63) is 0 Å². The Kier molecular flexibility index (Phi) is 3.13. The Labute approximate surface area is 77.0 Å². The van der Waals surface area contributed by atoms with E-state index in [0.717, 1.165) is 13.0 Å². The molecular formula is C6H13ClN4O. The van der Waals surface area contributed by atoms with Crippen molar-refractivity contribution in [2.45, 2.75) is 25.0 Å². The fourth-order valence-corrected chi connectivity index (χ4v) is 1.55. The van der Waals surface area contributed by atoms with Crippen LogP contribution < -0.4 is 21.5 Å². The molecule has 5 nitrogen and oxygen atoms in total. The molecule has 2 saturated heterocycles. The van der Waals surface area contributed by atoms with E-state index in [1.165, 1.54) is 6.42 Å². The third-order valence-electron chi connectivity index (χ3n) is 2.13. The van der Waals surface area contributed by atoms with Gasteiger partial charge in [-0.15, -0.1) is 12.4 Å². The topological polar surface area (TPSA) is 65.2 Å². The molecule has 12 heavy (non-hydrogen) atoms. The van der Waals surface area contributed by atoms with Gasteiger partial charge in [0.2, 0.25) is 0 Å². The van der Waals surface area contributed by atoms with E-state index in [9.17, 15) is 4.79 Å². The minimum atomic E-state index is -0.135. The summed E-state index contributed by atoms with van der Waals surface area (Å²) in [7, 11) is 0. The molecule has 0 aromatic rings. The van der Waals surface area contributed by atoms with E-state index in [1.807, 2.05) is 0 Å². The summed E-state index contributed by atoms with van der Waals surface area (Å²) in [6, 6.07) is 0.248. The Morgan fingerprint density at radius 2 is 2.25 bits per heavy atom. The van der Waals surface area contributed by atoms with Gasteiger partial charge in [-0.3, -0.25) is 5.43 Å². The van der Waals surface area contributed by atoms with Crippen LogP contribution in [-0.2, 0) is 0 Å². The molecule has 2 rings (SSSR count). The lowest BCUT2D eigenvalue weighted by Gasteiger charge is -2.16. The second-order valence-corrected chi connectivity index (χ2v) is 2.92. The first-order valence-electron chi connectivity index (χ1n) is 3.92. The highest BCUT2D eigenvalue weighted by molar-refractivity contribution is 5.85. The van der Waals surface area contributed by atoms with Gasteiger partial charge < -0.3 is 10.6 Å². The molecule has 2 atom stereocenters. The molecule has 0 bridgehead atoms. The van der Waals surface area contributed by atoms with Crippen molar-refractivity contribution in [3.63, 3.8) is 0 Å². The second-order valence-electron chi connectivity index (χ2n) is 2.92. The third kappa shape index (κ3) is 1.80. The van der Waals surface area contributed by atoms with Crippen LogP contribution in [0.5, 0.6) is 0 Å². The summed E-state index contributed by atoms with van der Waals surface area (Å²) in [5.74, 6) is 0. The minimum Gasteiger partial charge on any atom is -0.319 e. The molecule has 6 heteroatoms. The summed E-state index contributed by atoms with van der Waals surface area (Å²) in [6.07, 6.45) is 2.38. The van der Waals surface area contributed by atoms with E-state index in [2.05, 4.69) is 21.5 Å². The van der Waals surface area contributed by atoms with Gasteiger partial charge in [0.05, 0.1) is 0 Å². The second kappa shape index (κ2) is 3.93. The van der Waals surface area contributed by atoms with Gasteiger partial charge in [-0.2, -0.15) is 0 Å². The van der Waals surface area contributed by atoms with Crippen molar-refractivity contribution >= 4 is 18.4 Å². The summed E-state index contributed by atoms with van der Waals surface area (Å²) in [6.45, 7) is 1.05. The van der Waals surface area contributed by atoms with Gasteiger partial charge in [0.15, 0.2) is 0 Å².